The number of nitrogens with zero attached hydrogens (tertiary/aromatic N) is 14. The van der Waals surface area contributed by atoms with Crippen LogP contribution < -0.4 is 0 Å². The maximum absolute atomic E-state index is 13.1. The van der Waals surface area contributed by atoms with Gasteiger partial charge in [0.25, 0.3) is 17.7 Å². The molecular weight excluding hydrogens is 2090 g/mol. The van der Waals surface area contributed by atoms with Gasteiger partial charge in [-0.05, 0) is 103 Å². The first-order chi connectivity index (χ1) is 71.7. The molecule has 0 aliphatic carbocycles. The van der Waals surface area contributed by atoms with Crippen molar-refractivity contribution in [3.63, 3.8) is 0 Å². The van der Waals surface area contributed by atoms with Gasteiger partial charge in [0.05, 0.1) is 226 Å². The summed E-state index contributed by atoms with van der Waals surface area (Å²) in [4.78, 5) is 83.8. The maximum atomic E-state index is 13.1. The molecule has 18 atom stereocenters. The lowest BCUT2D eigenvalue weighted by molar-refractivity contribution is 0.00555. The van der Waals surface area contributed by atoms with Gasteiger partial charge in [0.2, 0.25) is 0 Å². The number of carbonyl (C=O) groups is 3. The fourth-order valence-electron chi connectivity index (χ4n) is 19.3. The third-order valence-electron chi connectivity index (χ3n) is 27.0. The van der Waals surface area contributed by atoms with Crippen LogP contribution in [0.15, 0.2) is 206 Å². The molecule has 10 saturated heterocycles. The van der Waals surface area contributed by atoms with E-state index in [0.717, 1.165) is 44.9 Å². The number of amides is 3. The zero-order chi connectivity index (χ0) is 103. The fourth-order valence-corrected chi connectivity index (χ4v) is 25.2. The molecule has 0 spiro atoms. The Hall–Kier alpha value is -10.9. The molecule has 0 saturated carbocycles. The van der Waals surface area contributed by atoms with E-state index in [1.165, 1.54) is 12.5 Å². The van der Waals surface area contributed by atoms with Crippen LogP contribution in [-0.4, -0.2) is 327 Å². The van der Waals surface area contributed by atoms with Gasteiger partial charge in [0.1, 0.15) is 73.2 Å². The molecule has 0 radical (unpaired) electrons. The van der Waals surface area contributed by atoms with Crippen molar-refractivity contribution in [2.24, 2.45) is 37.4 Å². The SMILES string of the molecule is CS(=O)(=NC(=O)c1ccc(-c2nc3c(cc2Cl)N=C(O[C@@H]2CO[C@H]4[C@@H]2OC[C@H]4O)C3)cc1)C1CCOCC1.CS(=O)(=NC(=O)c1ccc(-c2nc3c(cc2Cl)N=C(O[C@@H]2CO[C@H]4[C@@H]2OC[C@H]4O)C3)cc1)c1cccnc1.CS(C)(=O)=Nc1ccc(-c2ccc(-c3nc4c(cc3Cl)N=C(O[C@@H]3CO[C@H]5[C@@H]3OC[C@H]5O)C4)cc2)cn1.O=C(N=S1(=O)CCOCC1)c1ccc(-c2nc3c(cc2Cl)N=C(O[C@@H]2CO[C@H]4[C@@H]2OC[C@H]4O)C3)cc1. The van der Waals surface area contributed by atoms with Crippen molar-refractivity contribution < 1.29 is 118 Å². The summed E-state index contributed by atoms with van der Waals surface area (Å²) in [5.74, 6) is 1.40. The van der Waals surface area contributed by atoms with Gasteiger partial charge >= 0.3 is 0 Å². The van der Waals surface area contributed by atoms with Crippen LogP contribution in [0.3, 0.4) is 0 Å². The molecule has 39 nitrogen and oxygen atoms in total. The number of ether oxygens (including phenoxy) is 14. The largest absolute Gasteiger partial charge is 0.472 e. The second-order valence-electron chi connectivity index (χ2n) is 37.8. The number of rotatable bonds is 15. The zero-order valence-electron chi connectivity index (χ0n) is 80.3. The number of halogens is 4. The summed E-state index contributed by atoms with van der Waals surface area (Å²) in [6, 6.07) is 42.0. The summed E-state index contributed by atoms with van der Waals surface area (Å²) in [5, 5.41) is 41.3. The van der Waals surface area contributed by atoms with Crippen molar-refractivity contribution in [1.29, 1.82) is 0 Å². The van der Waals surface area contributed by atoms with E-state index in [1.807, 2.05) is 30.3 Å². The number of pyridine rings is 6. The number of hydrogen-bond acceptors (Lipinski definition) is 36. The minimum Gasteiger partial charge on any atom is -0.472 e. The van der Waals surface area contributed by atoms with E-state index in [1.54, 1.807) is 146 Å². The topological polar surface area (TPSA) is 506 Å². The van der Waals surface area contributed by atoms with Crippen molar-refractivity contribution in [2.45, 2.75) is 146 Å². The molecular formula is C102H100Cl4N14O25S4. The highest BCUT2D eigenvalue weighted by molar-refractivity contribution is 7.94. The predicted octanol–water partition coefficient (Wildman–Crippen LogP) is 12.3. The van der Waals surface area contributed by atoms with Crippen LogP contribution in [0.1, 0.15) is 66.7 Å². The highest BCUT2D eigenvalue weighted by Gasteiger charge is 2.53. The number of hydrogen-bond donors (Lipinski definition) is 4. The summed E-state index contributed by atoms with van der Waals surface area (Å²) in [6.07, 6.45) is 7.01. The first-order valence-electron chi connectivity index (χ1n) is 48.0. The zero-order valence-corrected chi connectivity index (χ0v) is 86.6. The van der Waals surface area contributed by atoms with Crippen molar-refractivity contribution >= 4 is 155 Å². The predicted molar refractivity (Wildman–Crippen MR) is 552 cm³/mol. The Bertz CT molecular complexity index is 7560. The molecule has 0 bridgehead atoms. The molecule has 4 aromatic carbocycles. The Morgan fingerprint density at radius 2 is 0.725 bits per heavy atom. The maximum Gasteiger partial charge on any atom is 0.285 e. The first-order valence-corrected chi connectivity index (χ1v) is 57.6. The van der Waals surface area contributed by atoms with Gasteiger partial charge in [0.15, 0.2) is 53.8 Å². The number of benzene rings is 4. The molecule has 20 heterocycles. The molecule has 6 aromatic heterocycles. The number of aromatic nitrogens is 6. The number of carbonyl (C=O) groups excluding carboxylic acids is 3. The molecule has 10 aromatic rings. The van der Waals surface area contributed by atoms with Gasteiger partial charge in [-0.1, -0.05) is 107 Å². The van der Waals surface area contributed by atoms with Crippen LogP contribution in [0.4, 0.5) is 28.6 Å². The Morgan fingerprint density at radius 1 is 0.396 bits per heavy atom. The first kappa shape index (κ1) is 104. The van der Waals surface area contributed by atoms with Gasteiger partial charge in [-0.2, -0.15) is 17.5 Å². The molecule has 3 amide bonds. The van der Waals surface area contributed by atoms with Crippen molar-refractivity contribution in [3.8, 4) is 56.2 Å². The summed E-state index contributed by atoms with van der Waals surface area (Å²) >= 11 is 26.2. The third kappa shape index (κ3) is 23.1. The minimum absolute atomic E-state index is 0.148. The number of fused-ring (bicyclic) bond motifs is 8. The van der Waals surface area contributed by atoms with Crippen LogP contribution in [0.25, 0.3) is 56.2 Å². The molecule has 149 heavy (non-hydrogen) atoms. The fraction of sp³-hybridized carbons (Fsp3) is 0.402. The van der Waals surface area contributed by atoms with Gasteiger partial charge in [0, 0.05) is 116 Å². The van der Waals surface area contributed by atoms with Gasteiger partial charge < -0.3 is 86.7 Å². The average molecular weight is 2190 g/mol. The monoisotopic (exact) mass is 2190 g/mol. The lowest BCUT2D eigenvalue weighted by atomic mass is 10.0. The van der Waals surface area contributed by atoms with E-state index in [2.05, 4.69) is 47.4 Å². The smallest absolute Gasteiger partial charge is 0.285 e. The molecule has 14 aliphatic heterocycles. The van der Waals surface area contributed by atoms with Crippen LogP contribution in [0, 0.1) is 0 Å². The Balaban J connectivity index is 0.000000116. The van der Waals surface area contributed by atoms with E-state index < -0.39 is 81.1 Å². The molecule has 4 N–H and O–H groups in total. The van der Waals surface area contributed by atoms with E-state index in [9.17, 15) is 51.6 Å². The second kappa shape index (κ2) is 43.7. The molecule has 14 aliphatic rings. The highest BCUT2D eigenvalue weighted by atomic mass is 35.5. The quantitative estimate of drug-likeness (QED) is 0.0740. The Labute approximate surface area is 876 Å². The minimum atomic E-state index is -2.93. The van der Waals surface area contributed by atoms with Crippen LogP contribution >= 0.6 is 46.4 Å². The molecule has 47 heteroatoms. The highest BCUT2D eigenvalue weighted by Crippen LogP contribution is 2.44. The van der Waals surface area contributed by atoms with Crippen molar-refractivity contribution in [1.82, 2.24) is 29.9 Å². The van der Waals surface area contributed by atoms with E-state index in [4.69, 9.17) is 133 Å². The van der Waals surface area contributed by atoms with Gasteiger partial charge in [-0.3, -0.25) is 19.4 Å². The second-order valence-corrected chi connectivity index (χ2v) is 49.3. The number of aliphatic hydroxyl groups is 4. The van der Waals surface area contributed by atoms with Crippen molar-refractivity contribution in [2.75, 3.05) is 116 Å². The normalized spacial score (nSPS) is 26.6. The average Bonchev–Trinajstić information content (AvgIpc) is 1.61. The lowest BCUT2D eigenvalue weighted by Crippen LogP contribution is -2.34. The molecule has 24 rings (SSSR count). The standard InChI is InChI=1S/C26H23ClN4O6S.C26H25ClN4O5S.C26H28ClN3O7S.C24H24ClN3O7S/c1-38(34,16-3-2-8-28-11-16)31-26(33)15-6-4-14(5-7-15)23-17(27)9-18-19(30-23)10-22(29-18)37-21-13-36-24-20(32)12-35-25(21)24;1-37(2,33)31-22-8-7-16(11-28-22)14-3-5-15(6-4-14)24-17(27)9-18-19(30-24)10-23(29-18)36-21-13-35-25-20(32)12-34-26(21)25;1-38(33,16-6-8-34-9-7-16)30-26(32)15-4-2-14(3-5-15)23-17(27)10-18-19(29-23)11-22(28-18)37-21-13-36-24-20(31)12-35-25(21)24;25-15-9-16-17(10-20(26-16)35-19-12-34-22-18(29)11-33-23(19)22)27-21(15)13-1-3-14(4-2-13)24(30)28-36(31)7-5-32-6-8-36/h2-9,11,20-21,24-25,32H,10,12-13H2,1H3;3-9,11,20-21,25-26,32H,10,12-13H2,1-2H3;2-5,10,16,20-21,24-25,31H,6-9,11-13H2,1H3;1-4,9,18-19,22-23,29H,5-8,10-12H2/t20-,21-,24-,25-,38?;20-,21-,25-,26-;20-,21-,24-,25-,38?;18-,19-,22-,23-/m1111/s1. The van der Waals surface area contributed by atoms with Gasteiger partial charge in [-0.25, -0.2) is 61.7 Å². The van der Waals surface area contributed by atoms with Crippen LogP contribution in [0.5, 0.6) is 0 Å². The van der Waals surface area contributed by atoms with Crippen LogP contribution in [-0.2, 0) is 131 Å². The Kier molecular flexibility index (Phi) is 30.4. The Morgan fingerprint density at radius 3 is 1.07 bits per heavy atom. The summed E-state index contributed by atoms with van der Waals surface area (Å²) in [5.41, 5.74) is 13.8. The van der Waals surface area contributed by atoms with E-state index in [-0.39, 0.29) is 116 Å². The van der Waals surface area contributed by atoms with E-state index >= 15 is 0 Å². The number of aliphatic hydroxyl groups excluding tert-OH is 4. The third-order valence-corrected chi connectivity index (χ3v) is 34.7. The molecule has 780 valence electrons. The summed E-state index contributed by atoms with van der Waals surface area (Å²) < 4.78 is 146. The van der Waals surface area contributed by atoms with Crippen molar-refractivity contribution in [3.05, 3.63) is 224 Å². The van der Waals surface area contributed by atoms with E-state index in [0.29, 0.717) is 219 Å². The summed E-state index contributed by atoms with van der Waals surface area (Å²) in [7, 11) is -10.4. The number of aliphatic imine (C=N–C) groups is 4. The molecule has 2 unspecified atom stereocenters. The van der Waals surface area contributed by atoms with Crippen LogP contribution in [0.2, 0.25) is 20.1 Å². The van der Waals surface area contributed by atoms with Gasteiger partial charge in [-0.15, -0.1) is 0 Å². The molecule has 10 fully saturated rings. The lowest BCUT2D eigenvalue weighted by Gasteiger charge is -2.22. The summed E-state index contributed by atoms with van der Waals surface area (Å²) in [6.45, 7) is 4.00.